The van der Waals surface area contributed by atoms with Crippen LogP contribution in [0.2, 0.25) is 0 Å². The smallest absolute Gasteiger partial charge is 0.308 e. The molecule has 1 unspecified atom stereocenters. The number of rotatable bonds is 6. The Bertz CT molecular complexity index is 545. The van der Waals surface area contributed by atoms with Crippen molar-refractivity contribution in [2.24, 2.45) is 11.8 Å². The lowest BCUT2D eigenvalue weighted by Gasteiger charge is -2.28. The van der Waals surface area contributed by atoms with Crippen molar-refractivity contribution >= 4 is 17.7 Å². The molecule has 2 N–H and O–H groups in total. The van der Waals surface area contributed by atoms with Gasteiger partial charge in [0.2, 0.25) is 5.95 Å². The van der Waals surface area contributed by atoms with E-state index in [1.807, 2.05) is 0 Å². The Kier molecular flexibility index (Phi) is 5.81. The van der Waals surface area contributed by atoms with E-state index < -0.39 is 11.9 Å². The molecule has 1 atom stereocenters. The average molecular weight is 336 g/mol. The molecule has 0 bridgehead atoms. The highest BCUT2D eigenvalue weighted by atomic mass is 16.5. The molecule has 2 aliphatic heterocycles. The van der Waals surface area contributed by atoms with Gasteiger partial charge in [0, 0.05) is 39.0 Å². The van der Waals surface area contributed by atoms with Gasteiger partial charge >= 0.3 is 5.97 Å². The predicted octanol–water partition coefficient (Wildman–Crippen LogP) is 0.852. The zero-order valence-corrected chi connectivity index (χ0v) is 13.7. The summed E-state index contributed by atoms with van der Waals surface area (Å²) < 4.78 is 10.7. The Hall–Kier alpha value is -1.93. The number of anilines is 2. The SMILES string of the molecule is O=C(O)C(CNc1ccnc(N2CCOCC2)n1)C1CCOCC1. The molecule has 2 fully saturated rings. The van der Waals surface area contributed by atoms with E-state index >= 15 is 0 Å². The molecule has 0 saturated carbocycles. The summed E-state index contributed by atoms with van der Waals surface area (Å²) in [7, 11) is 0. The molecule has 1 aromatic rings. The topological polar surface area (TPSA) is 96.8 Å². The molecule has 2 aliphatic rings. The maximum Gasteiger partial charge on any atom is 0.308 e. The Labute approximate surface area is 141 Å². The molecule has 132 valence electrons. The summed E-state index contributed by atoms with van der Waals surface area (Å²) in [5.41, 5.74) is 0. The number of morpholine rings is 1. The van der Waals surface area contributed by atoms with Crippen molar-refractivity contribution in [1.82, 2.24) is 9.97 Å². The van der Waals surface area contributed by atoms with Gasteiger partial charge in [0.05, 0.1) is 19.1 Å². The van der Waals surface area contributed by atoms with E-state index in [4.69, 9.17) is 9.47 Å². The summed E-state index contributed by atoms with van der Waals surface area (Å²) in [6.45, 7) is 4.52. The van der Waals surface area contributed by atoms with Gasteiger partial charge in [-0.15, -0.1) is 0 Å². The first-order valence-electron chi connectivity index (χ1n) is 8.44. The summed E-state index contributed by atoms with van der Waals surface area (Å²) in [4.78, 5) is 22.5. The van der Waals surface area contributed by atoms with E-state index in [1.165, 1.54) is 0 Å². The molecular formula is C16H24N4O4. The highest BCUT2D eigenvalue weighted by Gasteiger charge is 2.29. The minimum atomic E-state index is -0.767. The van der Waals surface area contributed by atoms with Crippen LogP contribution in [-0.2, 0) is 14.3 Å². The summed E-state index contributed by atoms with van der Waals surface area (Å²) in [5, 5.41) is 12.7. The lowest BCUT2D eigenvalue weighted by molar-refractivity contribution is -0.144. The predicted molar refractivity (Wildman–Crippen MR) is 88.2 cm³/mol. The third-order valence-corrected chi connectivity index (χ3v) is 4.59. The molecule has 3 heterocycles. The van der Waals surface area contributed by atoms with Crippen LogP contribution in [0.3, 0.4) is 0 Å². The molecule has 1 aromatic heterocycles. The van der Waals surface area contributed by atoms with Crippen molar-refractivity contribution < 1.29 is 19.4 Å². The molecule has 24 heavy (non-hydrogen) atoms. The summed E-state index contributed by atoms with van der Waals surface area (Å²) >= 11 is 0. The number of carboxylic acid groups (broad SMARTS) is 1. The van der Waals surface area contributed by atoms with Crippen LogP contribution in [0, 0.1) is 11.8 Å². The number of aromatic nitrogens is 2. The first-order valence-corrected chi connectivity index (χ1v) is 8.44. The summed E-state index contributed by atoms with van der Waals surface area (Å²) in [5.74, 6) is 0.253. The zero-order valence-electron chi connectivity index (χ0n) is 13.7. The molecule has 3 rings (SSSR count). The maximum absolute atomic E-state index is 11.6. The highest BCUT2D eigenvalue weighted by molar-refractivity contribution is 5.71. The number of hydrogen-bond donors (Lipinski definition) is 2. The quantitative estimate of drug-likeness (QED) is 0.789. The standard InChI is InChI=1S/C16H24N4O4/c21-15(22)13(12-2-7-23-8-3-12)11-18-14-1-4-17-16(19-14)20-5-9-24-10-6-20/h1,4,12-13H,2-3,5-11H2,(H,21,22)(H,17,18,19). The fourth-order valence-electron chi connectivity index (χ4n) is 3.15. The second kappa shape index (κ2) is 8.25. The first kappa shape index (κ1) is 16.9. The van der Waals surface area contributed by atoms with Crippen LogP contribution in [0.25, 0.3) is 0 Å². The van der Waals surface area contributed by atoms with Gasteiger partial charge in [-0.05, 0) is 24.8 Å². The molecular weight excluding hydrogens is 312 g/mol. The van der Waals surface area contributed by atoms with Crippen LogP contribution in [-0.4, -0.2) is 67.1 Å². The lowest BCUT2D eigenvalue weighted by Crippen LogP contribution is -2.37. The van der Waals surface area contributed by atoms with E-state index in [0.29, 0.717) is 44.7 Å². The van der Waals surface area contributed by atoms with Crippen LogP contribution in [0.5, 0.6) is 0 Å². The second-order valence-electron chi connectivity index (χ2n) is 6.12. The Morgan fingerprint density at radius 2 is 2.00 bits per heavy atom. The fourth-order valence-corrected chi connectivity index (χ4v) is 3.15. The number of hydrogen-bond acceptors (Lipinski definition) is 7. The third-order valence-electron chi connectivity index (χ3n) is 4.59. The number of ether oxygens (including phenoxy) is 2. The van der Waals surface area contributed by atoms with E-state index in [0.717, 1.165) is 25.9 Å². The van der Waals surface area contributed by atoms with Gasteiger partial charge in [-0.25, -0.2) is 4.98 Å². The van der Waals surface area contributed by atoms with Gasteiger partial charge in [-0.1, -0.05) is 0 Å². The molecule has 0 spiro atoms. The van der Waals surface area contributed by atoms with Crippen molar-refractivity contribution in [3.8, 4) is 0 Å². The van der Waals surface area contributed by atoms with Gasteiger partial charge in [0.25, 0.3) is 0 Å². The van der Waals surface area contributed by atoms with Crippen LogP contribution in [0.15, 0.2) is 12.3 Å². The summed E-state index contributed by atoms with van der Waals surface area (Å²) in [6.07, 6.45) is 3.28. The molecule has 8 nitrogen and oxygen atoms in total. The van der Waals surface area contributed by atoms with E-state index in [1.54, 1.807) is 12.3 Å². The number of carbonyl (C=O) groups is 1. The van der Waals surface area contributed by atoms with Crippen molar-refractivity contribution in [3.63, 3.8) is 0 Å². The fraction of sp³-hybridized carbons (Fsp3) is 0.688. The normalized spacial score (nSPS) is 20.6. The summed E-state index contributed by atoms with van der Waals surface area (Å²) in [6, 6.07) is 1.77. The second-order valence-corrected chi connectivity index (χ2v) is 6.12. The highest BCUT2D eigenvalue weighted by Crippen LogP contribution is 2.24. The van der Waals surface area contributed by atoms with Crippen molar-refractivity contribution in [2.75, 3.05) is 56.3 Å². The average Bonchev–Trinajstić information content (AvgIpc) is 2.63. The van der Waals surface area contributed by atoms with Crippen LogP contribution in [0.4, 0.5) is 11.8 Å². The number of aliphatic carboxylic acids is 1. The molecule has 0 aliphatic carbocycles. The Morgan fingerprint density at radius 3 is 2.71 bits per heavy atom. The van der Waals surface area contributed by atoms with Crippen molar-refractivity contribution in [2.45, 2.75) is 12.8 Å². The minimum absolute atomic E-state index is 0.143. The number of nitrogens with zero attached hydrogens (tertiary/aromatic N) is 3. The van der Waals surface area contributed by atoms with Gasteiger partial charge in [0.1, 0.15) is 5.82 Å². The Balaban J connectivity index is 1.60. The van der Waals surface area contributed by atoms with Gasteiger partial charge in [-0.2, -0.15) is 4.98 Å². The van der Waals surface area contributed by atoms with Crippen LogP contribution >= 0.6 is 0 Å². The molecule has 2 saturated heterocycles. The van der Waals surface area contributed by atoms with E-state index in [-0.39, 0.29) is 5.92 Å². The minimum Gasteiger partial charge on any atom is -0.481 e. The molecule has 0 aromatic carbocycles. The van der Waals surface area contributed by atoms with E-state index in [2.05, 4.69) is 20.2 Å². The molecule has 8 heteroatoms. The van der Waals surface area contributed by atoms with Crippen molar-refractivity contribution in [1.29, 1.82) is 0 Å². The monoisotopic (exact) mass is 336 g/mol. The molecule has 0 amide bonds. The lowest BCUT2D eigenvalue weighted by atomic mass is 9.86. The maximum atomic E-state index is 11.6. The van der Waals surface area contributed by atoms with E-state index in [9.17, 15) is 9.90 Å². The van der Waals surface area contributed by atoms with Gasteiger partial charge in [-0.3, -0.25) is 4.79 Å². The van der Waals surface area contributed by atoms with Crippen molar-refractivity contribution in [3.05, 3.63) is 12.3 Å². The first-order chi connectivity index (χ1) is 11.7. The van der Waals surface area contributed by atoms with Crippen LogP contribution in [0.1, 0.15) is 12.8 Å². The van der Waals surface area contributed by atoms with Gasteiger partial charge in [0.15, 0.2) is 0 Å². The Morgan fingerprint density at radius 1 is 1.29 bits per heavy atom. The zero-order chi connectivity index (χ0) is 16.8. The third kappa shape index (κ3) is 4.33. The molecule has 0 radical (unpaired) electrons. The van der Waals surface area contributed by atoms with Gasteiger partial charge < -0.3 is 24.8 Å². The van der Waals surface area contributed by atoms with Crippen LogP contribution < -0.4 is 10.2 Å². The number of nitrogens with one attached hydrogen (secondary N) is 1. The largest absolute Gasteiger partial charge is 0.481 e. The number of carboxylic acids is 1.